The Morgan fingerprint density at radius 2 is 2.16 bits per heavy atom. The number of aliphatic carboxylic acids is 1. The molecule has 1 aromatic carbocycles. The van der Waals surface area contributed by atoms with E-state index in [2.05, 4.69) is 26.1 Å². The summed E-state index contributed by atoms with van der Waals surface area (Å²) in [6.07, 6.45) is 0. The maximum Gasteiger partial charge on any atom is 0.313 e. The fourth-order valence-corrected chi connectivity index (χ4v) is 2.69. The van der Waals surface area contributed by atoms with Gasteiger partial charge in [0.2, 0.25) is 0 Å². The lowest BCUT2D eigenvalue weighted by Crippen LogP contribution is -2.06. The zero-order valence-corrected chi connectivity index (χ0v) is 12.6. The topological polar surface area (TPSA) is 68.0 Å². The molecule has 0 unspecified atom stereocenters. The summed E-state index contributed by atoms with van der Waals surface area (Å²) in [5.41, 5.74) is 1.10. The summed E-state index contributed by atoms with van der Waals surface area (Å²) in [4.78, 5) is 10.6. The number of hydrogen-bond donors (Lipinski definition) is 1. The molecule has 0 saturated heterocycles. The molecule has 7 heteroatoms. The molecule has 19 heavy (non-hydrogen) atoms. The number of thioether (sulfide) groups is 1. The monoisotopic (exact) mass is 341 g/mol. The van der Waals surface area contributed by atoms with Crippen LogP contribution in [0.1, 0.15) is 11.4 Å². The molecule has 1 N–H and O–H groups in total. The highest BCUT2D eigenvalue weighted by atomic mass is 79.9. The van der Waals surface area contributed by atoms with Gasteiger partial charge < -0.3 is 9.67 Å². The van der Waals surface area contributed by atoms with Crippen molar-refractivity contribution in [2.75, 3.05) is 5.75 Å². The average molecular weight is 342 g/mol. The van der Waals surface area contributed by atoms with E-state index in [4.69, 9.17) is 5.11 Å². The number of halogens is 1. The minimum absolute atomic E-state index is 0.0197. The van der Waals surface area contributed by atoms with Gasteiger partial charge in [0.1, 0.15) is 5.82 Å². The lowest BCUT2D eigenvalue weighted by Gasteiger charge is -2.09. The lowest BCUT2D eigenvalue weighted by atomic mass is 10.2. The van der Waals surface area contributed by atoms with Crippen LogP contribution >= 0.6 is 27.7 Å². The Balaban J connectivity index is 2.22. The lowest BCUT2D eigenvalue weighted by molar-refractivity contribution is -0.133. The third-order valence-corrected chi connectivity index (χ3v) is 4.24. The van der Waals surface area contributed by atoms with Crippen molar-refractivity contribution < 1.29 is 9.90 Å². The molecule has 2 rings (SSSR count). The number of benzene rings is 1. The van der Waals surface area contributed by atoms with Crippen LogP contribution in [0.4, 0.5) is 0 Å². The molecule has 0 atom stereocenters. The summed E-state index contributed by atoms with van der Waals surface area (Å²) >= 11 is 4.67. The Morgan fingerprint density at radius 3 is 2.84 bits per heavy atom. The molecular formula is C12H12BrN3O2S. The molecule has 0 aliphatic heterocycles. The van der Waals surface area contributed by atoms with Crippen molar-refractivity contribution >= 4 is 33.7 Å². The largest absolute Gasteiger partial charge is 0.481 e. The molecule has 0 radical (unpaired) electrons. The molecule has 0 spiro atoms. The minimum Gasteiger partial charge on any atom is -0.481 e. The van der Waals surface area contributed by atoms with Gasteiger partial charge in [0.25, 0.3) is 0 Å². The molecular weight excluding hydrogens is 330 g/mol. The molecule has 0 amide bonds. The average Bonchev–Trinajstić information content (AvgIpc) is 2.71. The maximum absolute atomic E-state index is 10.6. The van der Waals surface area contributed by atoms with Gasteiger partial charge >= 0.3 is 5.97 Å². The molecule has 100 valence electrons. The number of carboxylic acid groups (broad SMARTS) is 1. The van der Waals surface area contributed by atoms with E-state index in [0.29, 0.717) is 11.7 Å². The third-order valence-electron chi connectivity index (χ3n) is 2.51. The second kappa shape index (κ2) is 6.21. The number of nitrogens with zero attached hydrogens (tertiary/aromatic N) is 3. The maximum atomic E-state index is 10.6. The molecule has 0 aliphatic rings. The van der Waals surface area contributed by atoms with Gasteiger partial charge in [-0.25, -0.2) is 0 Å². The van der Waals surface area contributed by atoms with Crippen LogP contribution in [0.5, 0.6) is 0 Å². The molecule has 0 aliphatic carbocycles. The van der Waals surface area contributed by atoms with Gasteiger partial charge in [-0.3, -0.25) is 4.79 Å². The van der Waals surface area contributed by atoms with Crippen LogP contribution in [-0.2, 0) is 11.3 Å². The molecule has 1 aromatic heterocycles. The van der Waals surface area contributed by atoms with Crippen LogP contribution in [0.15, 0.2) is 33.9 Å². The molecule has 2 aromatic rings. The van der Waals surface area contributed by atoms with E-state index in [0.717, 1.165) is 15.9 Å². The van der Waals surface area contributed by atoms with Crippen molar-refractivity contribution in [3.63, 3.8) is 0 Å². The predicted molar refractivity (Wildman–Crippen MR) is 76.4 cm³/mol. The molecule has 1 heterocycles. The van der Waals surface area contributed by atoms with Crippen LogP contribution in [0.3, 0.4) is 0 Å². The zero-order chi connectivity index (χ0) is 13.8. The highest BCUT2D eigenvalue weighted by molar-refractivity contribution is 9.10. The van der Waals surface area contributed by atoms with Crippen molar-refractivity contribution in [2.45, 2.75) is 18.6 Å². The number of carboxylic acids is 1. The van der Waals surface area contributed by atoms with Gasteiger partial charge in [-0.05, 0) is 18.6 Å². The van der Waals surface area contributed by atoms with Crippen LogP contribution in [0.25, 0.3) is 0 Å². The summed E-state index contributed by atoms with van der Waals surface area (Å²) < 4.78 is 2.92. The predicted octanol–water partition coefficient (Wildman–Crippen LogP) is 2.57. The number of hydrogen-bond acceptors (Lipinski definition) is 4. The van der Waals surface area contributed by atoms with E-state index >= 15 is 0 Å². The summed E-state index contributed by atoms with van der Waals surface area (Å²) in [6, 6.07) is 7.89. The van der Waals surface area contributed by atoms with Gasteiger partial charge in [-0.15, -0.1) is 10.2 Å². The van der Waals surface area contributed by atoms with E-state index in [1.807, 2.05) is 35.8 Å². The van der Waals surface area contributed by atoms with Crippen LogP contribution < -0.4 is 0 Å². The summed E-state index contributed by atoms with van der Waals surface area (Å²) in [6.45, 7) is 2.47. The van der Waals surface area contributed by atoms with Crippen molar-refractivity contribution in [1.29, 1.82) is 0 Å². The molecule has 5 nitrogen and oxygen atoms in total. The van der Waals surface area contributed by atoms with E-state index in [9.17, 15) is 4.79 Å². The van der Waals surface area contributed by atoms with Crippen molar-refractivity contribution in [3.8, 4) is 0 Å². The van der Waals surface area contributed by atoms with Gasteiger partial charge in [0.15, 0.2) is 5.16 Å². The van der Waals surface area contributed by atoms with Gasteiger partial charge in [0, 0.05) is 4.47 Å². The Bertz CT molecular complexity index is 600. The number of rotatable bonds is 5. The van der Waals surface area contributed by atoms with E-state index < -0.39 is 5.97 Å². The van der Waals surface area contributed by atoms with Gasteiger partial charge in [-0.1, -0.05) is 45.9 Å². The second-order valence-electron chi connectivity index (χ2n) is 3.89. The Hall–Kier alpha value is -1.34. The Morgan fingerprint density at radius 1 is 1.42 bits per heavy atom. The number of aromatic nitrogens is 3. The minimum atomic E-state index is -0.863. The quantitative estimate of drug-likeness (QED) is 0.846. The Labute approximate surface area is 123 Å². The highest BCUT2D eigenvalue weighted by Crippen LogP contribution is 2.22. The first-order valence-corrected chi connectivity index (χ1v) is 7.33. The molecule has 0 bridgehead atoms. The fraction of sp³-hybridized carbons (Fsp3) is 0.250. The molecule has 0 saturated carbocycles. The fourth-order valence-electron chi connectivity index (χ4n) is 1.57. The standard InChI is InChI=1S/C12H12BrN3O2S/c1-8-14-15-12(19-7-11(17)18)16(8)6-9-4-2-3-5-10(9)13/h2-5H,6-7H2,1H3,(H,17,18). The zero-order valence-electron chi connectivity index (χ0n) is 10.2. The summed E-state index contributed by atoms with van der Waals surface area (Å²) in [7, 11) is 0. The van der Waals surface area contributed by atoms with Crippen molar-refractivity contribution in [3.05, 3.63) is 40.1 Å². The Kier molecular flexibility index (Phi) is 4.60. The smallest absolute Gasteiger partial charge is 0.313 e. The van der Waals surface area contributed by atoms with Gasteiger partial charge in [0.05, 0.1) is 12.3 Å². The van der Waals surface area contributed by atoms with Crippen LogP contribution in [0, 0.1) is 6.92 Å². The van der Waals surface area contributed by atoms with E-state index in [-0.39, 0.29) is 5.75 Å². The highest BCUT2D eigenvalue weighted by Gasteiger charge is 2.12. The van der Waals surface area contributed by atoms with Gasteiger partial charge in [-0.2, -0.15) is 0 Å². The summed E-state index contributed by atoms with van der Waals surface area (Å²) in [5, 5.41) is 17.4. The number of aryl methyl sites for hydroxylation is 1. The number of carbonyl (C=O) groups is 1. The van der Waals surface area contributed by atoms with Crippen LogP contribution in [0.2, 0.25) is 0 Å². The third kappa shape index (κ3) is 3.57. The summed E-state index contributed by atoms with van der Waals surface area (Å²) in [5.74, 6) is -0.115. The van der Waals surface area contributed by atoms with E-state index in [1.165, 1.54) is 11.8 Å². The van der Waals surface area contributed by atoms with E-state index in [1.54, 1.807) is 0 Å². The first-order chi connectivity index (χ1) is 9.08. The molecule has 0 fully saturated rings. The first-order valence-electron chi connectivity index (χ1n) is 5.55. The van der Waals surface area contributed by atoms with Crippen molar-refractivity contribution in [1.82, 2.24) is 14.8 Å². The van der Waals surface area contributed by atoms with Crippen molar-refractivity contribution in [2.24, 2.45) is 0 Å². The second-order valence-corrected chi connectivity index (χ2v) is 5.69. The normalized spacial score (nSPS) is 10.6. The first kappa shape index (κ1) is 14.1. The van der Waals surface area contributed by atoms with Crippen LogP contribution in [-0.4, -0.2) is 31.6 Å². The SMILES string of the molecule is Cc1nnc(SCC(=O)O)n1Cc1ccccc1Br.